The molecule has 3 rings (SSSR count). The first-order chi connectivity index (χ1) is 9.61. The van der Waals surface area contributed by atoms with E-state index in [1.165, 1.54) is 5.56 Å². The lowest BCUT2D eigenvalue weighted by atomic mass is 10.2. The molecule has 3 nitrogen and oxygen atoms in total. The van der Waals surface area contributed by atoms with Gasteiger partial charge < -0.3 is 9.72 Å². The van der Waals surface area contributed by atoms with Crippen molar-refractivity contribution in [3.63, 3.8) is 0 Å². The fourth-order valence-corrected chi connectivity index (χ4v) is 2.42. The van der Waals surface area contributed by atoms with Gasteiger partial charge in [-0.15, -0.1) is 0 Å². The van der Waals surface area contributed by atoms with Crippen LogP contribution in [0.3, 0.4) is 0 Å². The first-order valence-corrected chi connectivity index (χ1v) is 7.00. The Kier molecular flexibility index (Phi) is 3.55. The average molecular weight is 306 g/mol. The molecule has 0 unspecified atom stereocenters. The van der Waals surface area contributed by atoms with Crippen LogP contribution in [0.1, 0.15) is 11.3 Å². The molecule has 0 aliphatic carbocycles. The highest BCUT2D eigenvalue weighted by Crippen LogP contribution is 2.23. The van der Waals surface area contributed by atoms with E-state index in [2.05, 4.69) is 10.3 Å². The summed E-state index contributed by atoms with van der Waals surface area (Å²) in [6.45, 7) is 2.65. The number of nitrogens with zero attached hydrogens (tertiary/aromatic N) is 2. The van der Waals surface area contributed by atoms with Gasteiger partial charge in [0.2, 0.25) is 0 Å². The predicted octanol–water partition coefficient (Wildman–Crippen LogP) is 4.56. The normalized spacial score (nSPS) is 10.9. The quantitative estimate of drug-likeness (QED) is 0.768. The first kappa shape index (κ1) is 13.3. The molecule has 1 N–H and O–H groups in total. The highest BCUT2D eigenvalue weighted by molar-refractivity contribution is 6.33. The molecule has 0 spiro atoms. The highest BCUT2D eigenvalue weighted by atomic mass is 35.5. The molecule has 0 bridgehead atoms. The number of hydrogen-bond acceptors (Lipinski definition) is 2. The van der Waals surface area contributed by atoms with E-state index in [9.17, 15) is 0 Å². The van der Waals surface area contributed by atoms with Crippen molar-refractivity contribution in [2.24, 2.45) is 0 Å². The van der Waals surface area contributed by atoms with E-state index in [1.54, 1.807) is 0 Å². The Hall–Kier alpha value is -1.71. The van der Waals surface area contributed by atoms with Crippen molar-refractivity contribution < 1.29 is 0 Å². The van der Waals surface area contributed by atoms with Crippen LogP contribution in [0.2, 0.25) is 10.0 Å². The number of halogens is 2. The Bertz CT molecular complexity index is 765. The van der Waals surface area contributed by atoms with E-state index in [1.807, 2.05) is 54.0 Å². The summed E-state index contributed by atoms with van der Waals surface area (Å²) >= 11 is 12.1. The van der Waals surface area contributed by atoms with Crippen LogP contribution >= 0.6 is 23.2 Å². The number of pyridine rings is 1. The van der Waals surface area contributed by atoms with Gasteiger partial charge in [0, 0.05) is 12.4 Å². The summed E-state index contributed by atoms with van der Waals surface area (Å²) in [5, 5.41) is 4.71. The Labute approximate surface area is 127 Å². The number of hydrogen-bond donors (Lipinski definition) is 1. The summed E-state index contributed by atoms with van der Waals surface area (Å²) in [5.74, 6) is 0. The number of anilines is 1. The minimum Gasteiger partial charge on any atom is -0.378 e. The molecule has 0 saturated heterocycles. The third-order valence-electron chi connectivity index (χ3n) is 3.05. The number of aryl methyl sites for hydroxylation is 1. The topological polar surface area (TPSA) is 29.3 Å². The number of fused-ring (bicyclic) bond motifs is 1. The number of rotatable bonds is 3. The molecule has 3 aromatic rings. The Morgan fingerprint density at radius 3 is 2.85 bits per heavy atom. The van der Waals surface area contributed by atoms with E-state index in [0.717, 1.165) is 17.0 Å². The number of benzene rings is 1. The van der Waals surface area contributed by atoms with Gasteiger partial charge >= 0.3 is 0 Å². The van der Waals surface area contributed by atoms with Crippen LogP contribution < -0.4 is 5.32 Å². The molecule has 2 aromatic heterocycles. The lowest BCUT2D eigenvalue weighted by Crippen LogP contribution is -2.00. The lowest BCUT2D eigenvalue weighted by molar-refractivity contribution is 1.08. The molecule has 0 aliphatic rings. The van der Waals surface area contributed by atoms with Crippen LogP contribution in [0.4, 0.5) is 5.69 Å². The second-order valence-electron chi connectivity index (χ2n) is 4.68. The van der Waals surface area contributed by atoms with Crippen LogP contribution in [0.5, 0.6) is 0 Å². The zero-order chi connectivity index (χ0) is 14.1. The molecule has 20 heavy (non-hydrogen) atoms. The van der Waals surface area contributed by atoms with Crippen molar-refractivity contribution >= 4 is 34.5 Å². The number of nitrogens with one attached hydrogen (secondary N) is 1. The van der Waals surface area contributed by atoms with Gasteiger partial charge in [-0.05, 0) is 36.8 Å². The standard InChI is InChI=1S/C15H13Cl2N3/c1-10-2-4-13(17)14(6-10)18-7-12-9-20-8-11(16)3-5-15(20)19-12/h2-6,8-9,18H,7H2,1H3. The van der Waals surface area contributed by atoms with Gasteiger partial charge in [-0.3, -0.25) is 0 Å². The van der Waals surface area contributed by atoms with Crippen LogP contribution in [0.15, 0.2) is 42.7 Å². The smallest absolute Gasteiger partial charge is 0.137 e. The van der Waals surface area contributed by atoms with Crippen LogP contribution in [0, 0.1) is 6.92 Å². The Balaban J connectivity index is 1.81. The van der Waals surface area contributed by atoms with Crippen molar-refractivity contribution in [2.45, 2.75) is 13.5 Å². The maximum Gasteiger partial charge on any atom is 0.137 e. The summed E-state index contributed by atoms with van der Waals surface area (Å²) in [4.78, 5) is 4.52. The molecule has 0 radical (unpaired) electrons. The highest BCUT2D eigenvalue weighted by Gasteiger charge is 2.04. The van der Waals surface area contributed by atoms with Gasteiger partial charge in [0.05, 0.1) is 28.0 Å². The predicted molar refractivity (Wildman–Crippen MR) is 83.7 cm³/mol. The van der Waals surface area contributed by atoms with Crippen LogP contribution in [-0.4, -0.2) is 9.38 Å². The fourth-order valence-electron chi connectivity index (χ4n) is 2.06. The molecule has 2 heterocycles. The zero-order valence-corrected chi connectivity index (χ0v) is 12.4. The monoisotopic (exact) mass is 305 g/mol. The van der Waals surface area contributed by atoms with Gasteiger partial charge in [-0.25, -0.2) is 4.98 Å². The lowest BCUT2D eigenvalue weighted by Gasteiger charge is -2.07. The summed E-state index contributed by atoms with van der Waals surface area (Å²) in [6, 6.07) is 9.63. The second-order valence-corrected chi connectivity index (χ2v) is 5.53. The average Bonchev–Trinajstić information content (AvgIpc) is 2.81. The minimum atomic E-state index is 0.614. The molecule has 1 aromatic carbocycles. The third-order valence-corrected chi connectivity index (χ3v) is 3.60. The molecule has 0 saturated carbocycles. The van der Waals surface area contributed by atoms with Crippen molar-refractivity contribution in [3.8, 4) is 0 Å². The van der Waals surface area contributed by atoms with Crippen LogP contribution in [-0.2, 0) is 6.54 Å². The summed E-state index contributed by atoms with van der Waals surface area (Å²) in [7, 11) is 0. The van der Waals surface area contributed by atoms with Crippen LogP contribution in [0.25, 0.3) is 5.65 Å². The molecule has 0 fully saturated rings. The SMILES string of the molecule is Cc1ccc(Cl)c(NCc2cn3cc(Cl)ccc3n2)c1. The maximum atomic E-state index is 6.16. The molecular weight excluding hydrogens is 293 g/mol. The largest absolute Gasteiger partial charge is 0.378 e. The fraction of sp³-hybridized carbons (Fsp3) is 0.133. The molecule has 5 heteroatoms. The van der Waals surface area contributed by atoms with Gasteiger partial charge in [-0.2, -0.15) is 0 Å². The Morgan fingerprint density at radius 2 is 2.00 bits per heavy atom. The van der Waals surface area contributed by atoms with E-state index in [-0.39, 0.29) is 0 Å². The third kappa shape index (κ3) is 2.74. The molecule has 0 atom stereocenters. The van der Waals surface area contributed by atoms with E-state index in [4.69, 9.17) is 23.2 Å². The summed E-state index contributed by atoms with van der Waals surface area (Å²) in [5.41, 5.74) is 3.90. The maximum absolute atomic E-state index is 6.16. The van der Waals surface area contributed by atoms with Gasteiger partial charge in [0.25, 0.3) is 0 Å². The van der Waals surface area contributed by atoms with Crippen molar-refractivity contribution in [2.75, 3.05) is 5.32 Å². The summed E-state index contributed by atoms with van der Waals surface area (Å²) in [6.07, 6.45) is 3.80. The Morgan fingerprint density at radius 1 is 1.15 bits per heavy atom. The molecular formula is C15H13Cl2N3. The second kappa shape index (κ2) is 5.35. The van der Waals surface area contributed by atoms with Gasteiger partial charge in [0.15, 0.2) is 0 Å². The van der Waals surface area contributed by atoms with Crippen molar-refractivity contribution in [3.05, 3.63) is 64.0 Å². The molecule has 0 aliphatic heterocycles. The zero-order valence-electron chi connectivity index (χ0n) is 10.9. The van der Waals surface area contributed by atoms with Crippen molar-refractivity contribution in [1.29, 1.82) is 0 Å². The number of aromatic nitrogens is 2. The number of imidazole rings is 1. The van der Waals surface area contributed by atoms with Crippen molar-refractivity contribution in [1.82, 2.24) is 9.38 Å². The van der Waals surface area contributed by atoms with Gasteiger partial charge in [0.1, 0.15) is 5.65 Å². The van der Waals surface area contributed by atoms with Gasteiger partial charge in [-0.1, -0.05) is 29.3 Å². The molecule has 102 valence electrons. The van der Waals surface area contributed by atoms with E-state index < -0.39 is 0 Å². The summed E-state index contributed by atoms with van der Waals surface area (Å²) < 4.78 is 1.91. The minimum absolute atomic E-state index is 0.614. The molecule has 0 amide bonds. The first-order valence-electron chi connectivity index (χ1n) is 6.25. The van der Waals surface area contributed by atoms with E-state index >= 15 is 0 Å². The van der Waals surface area contributed by atoms with E-state index in [0.29, 0.717) is 16.6 Å².